The highest BCUT2D eigenvalue weighted by molar-refractivity contribution is 6.05. The summed E-state index contributed by atoms with van der Waals surface area (Å²) in [6.45, 7) is 1.36. The number of primary amides is 1. The molecule has 4 N–H and O–H groups in total. The number of nitrogens with two attached hydrogens (primary N) is 1. The van der Waals surface area contributed by atoms with E-state index in [1.54, 1.807) is 0 Å². The van der Waals surface area contributed by atoms with Gasteiger partial charge in [-0.25, -0.2) is 4.39 Å². The molecule has 0 saturated heterocycles. The maximum atomic E-state index is 14.1. The number of nitrogens with zero attached hydrogens (tertiary/aromatic N) is 4. The standard InChI is InChI=1S/C21H18FN7O/c22-13-8-15(18(23)30)16-11-26-29(17(16)9-13)21-27-19-14(6-7-24-19)20(28-21)25-10-12-4-2-1-3-5-12/h1-5,8-9,11H,6-7,10H2,(H2,23,30)(H2,24,25,27,28). The fourth-order valence-corrected chi connectivity index (χ4v) is 3.64. The van der Waals surface area contributed by atoms with Crippen LogP contribution < -0.4 is 16.4 Å². The maximum absolute atomic E-state index is 14.1. The molecule has 0 fully saturated rings. The maximum Gasteiger partial charge on any atom is 0.255 e. The van der Waals surface area contributed by atoms with Crippen LogP contribution >= 0.6 is 0 Å². The zero-order valence-electron chi connectivity index (χ0n) is 15.9. The van der Waals surface area contributed by atoms with Gasteiger partial charge in [0, 0.05) is 30.1 Å². The van der Waals surface area contributed by atoms with Crippen molar-refractivity contribution in [3.05, 3.63) is 71.2 Å². The Morgan fingerprint density at radius 2 is 2.07 bits per heavy atom. The lowest BCUT2D eigenvalue weighted by atomic mass is 10.1. The Labute approximate surface area is 170 Å². The van der Waals surface area contributed by atoms with Gasteiger partial charge in [-0.1, -0.05) is 30.3 Å². The number of benzene rings is 2. The number of aromatic nitrogens is 4. The number of carbonyl (C=O) groups excluding carboxylic acids is 1. The van der Waals surface area contributed by atoms with Crippen LogP contribution in [0.5, 0.6) is 0 Å². The third kappa shape index (κ3) is 3.10. The van der Waals surface area contributed by atoms with Crippen molar-refractivity contribution in [1.82, 2.24) is 19.7 Å². The summed E-state index contributed by atoms with van der Waals surface area (Å²) in [5.41, 5.74) is 7.95. The molecular weight excluding hydrogens is 385 g/mol. The number of rotatable bonds is 5. The van der Waals surface area contributed by atoms with Crippen LogP contribution in [0.15, 0.2) is 48.7 Å². The van der Waals surface area contributed by atoms with Crippen LogP contribution in [0, 0.1) is 5.82 Å². The third-order valence-electron chi connectivity index (χ3n) is 5.07. The monoisotopic (exact) mass is 403 g/mol. The van der Waals surface area contributed by atoms with Crippen molar-refractivity contribution in [1.29, 1.82) is 0 Å². The van der Waals surface area contributed by atoms with Gasteiger partial charge in [-0.2, -0.15) is 19.7 Å². The second-order valence-corrected chi connectivity index (χ2v) is 7.02. The highest BCUT2D eigenvalue weighted by Gasteiger charge is 2.22. The van der Waals surface area contributed by atoms with Crippen LogP contribution in [0.4, 0.5) is 16.0 Å². The quantitative estimate of drug-likeness (QED) is 0.472. The molecule has 0 aliphatic carbocycles. The van der Waals surface area contributed by atoms with Crippen molar-refractivity contribution in [3.63, 3.8) is 0 Å². The Balaban J connectivity index is 1.59. The van der Waals surface area contributed by atoms with Gasteiger partial charge < -0.3 is 16.4 Å². The fourth-order valence-electron chi connectivity index (χ4n) is 3.64. The SMILES string of the molecule is NC(=O)c1cc(F)cc2c1cnn2-c1nc2c(c(NCc3ccccc3)n1)CCN2. The molecule has 1 aliphatic heterocycles. The van der Waals surface area contributed by atoms with Gasteiger partial charge in [0.05, 0.1) is 17.3 Å². The van der Waals surface area contributed by atoms with E-state index in [4.69, 9.17) is 5.73 Å². The summed E-state index contributed by atoms with van der Waals surface area (Å²) in [4.78, 5) is 20.9. The molecule has 0 saturated carbocycles. The first-order valence-electron chi connectivity index (χ1n) is 9.50. The molecule has 0 unspecified atom stereocenters. The molecule has 1 aliphatic rings. The van der Waals surface area contributed by atoms with Gasteiger partial charge in [0.15, 0.2) is 0 Å². The first kappa shape index (κ1) is 18.0. The number of hydrogen-bond acceptors (Lipinski definition) is 6. The van der Waals surface area contributed by atoms with Crippen molar-refractivity contribution in [2.45, 2.75) is 13.0 Å². The van der Waals surface area contributed by atoms with Crippen LogP contribution in [0.1, 0.15) is 21.5 Å². The summed E-state index contributed by atoms with van der Waals surface area (Å²) in [6, 6.07) is 12.4. The predicted molar refractivity (Wildman–Crippen MR) is 111 cm³/mol. The molecule has 2 aromatic carbocycles. The van der Waals surface area contributed by atoms with E-state index in [0.717, 1.165) is 30.2 Å². The molecule has 30 heavy (non-hydrogen) atoms. The molecule has 4 aromatic rings. The fraction of sp³-hybridized carbons (Fsp3) is 0.143. The van der Waals surface area contributed by atoms with E-state index < -0.39 is 11.7 Å². The Morgan fingerprint density at radius 3 is 2.87 bits per heavy atom. The Hall–Kier alpha value is -4.01. The zero-order chi connectivity index (χ0) is 20.7. The molecule has 0 atom stereocenters. The lowest BCUT2D eigenvalue weighted by Crippen LogP contribution is -2.12. The molecular formula is C21H18FN7O. The number of fused-ring (bicyclic) bond motifs is 2. The molecule has 3 heterocycles. The minimum Gasteiger partial charge on any atom is -0.369 e. The van der Waals surface area contributed by atoms with Crippen molar-refractivity contribution >= 4 is 28.4 Å². The first-order valence-corrected chi connectivity index (χ1v) is 9.50. The first-order chi connectivity index (χ1) is 14.6. The van der Waals surface area contributed by atoms with Gasteiger partial charge in [0.2, 0.25) is 5.91 Å². The molecule has 5 rings (SSSR count). The number of hydrogen-bond donors (Lipinski definition) is 3. The van der Waals surface area contributed by atoms with Crippen LogP contribution in [-0.4, -0.2) is 32.2 Å². The summed E-state index contributed by atoms with van der Waals surface area (Å²) in [5.74, 6) is 0.375. The average Bonchev–Trinajstić information content (AvgIpc) is 3.38. The van der Waals surface area contributed by atoms with Gasteiger partial charge in [0.1, 0.15) is 17.5 Å². The largest absolute Gasteiger partial charge is 0.369 e. The van der Waals surface area contributed by atoms with Gasteiger partial charge in [-0.3, -0.25) is 4.79 Å². The second-order valence-electron chi connectivity index (χ2n) is 7.02. The van der Waals surface area contributed by atoms with E-state index in [9.17, 15) is 9.18 Å². The highest BCUT2D eigenvalue weighted by Crippen LogP contribution is 2.29. The minimum absolute atomic E-state index is 0.0676. The van der Waals surface area contributed by atoms with Crippen LogP contribution in [0.3, 0.4) is 0 Å². The van der Waals surface area contributed by atoms with Crippen LogP contribution in [-0.2, 0) is 13.0 Å². The summed E-state index contributed by atoms with van der Waals surface area (Å²) in [6.07, 6.45) is 2.27. The van der Waals surface area contributed by atoms with Gasteiger partial charge in [-0.05, 0) is 18.1 Å². The number of carbonyl (C=O) groups is 1. The molecule has 0 spiro atoms. The Morgan fingerprint density at radius 1 is 1.23 bits per heavy atom. The van der Waals surface area contributed by atoms with Gasteiger partial charge in [-0.15, -0.1) is 0 Å². The molecule has 8 nitrogen and oxygen atoms in total. The van der Waals surface area contributed by atoms with E-state index in [1.807, 2.05) is 30.3 Å². The van der Waals surface area contributed by atoms with Crippen molar-refractivity contribution in [3.8, 4) is 5.95 Å². The van der Waals surface area contributed by atoms with Gasteiger partial charge >= 0.3 is 0 Å². The summed E-state index contributed by atoms with van der Waals surface area (Å²) in [7, 11) is 0. The van der Waals surface area contributed by atoms with E-state index in [0.29, 0.717) is 29.1 Å². The molecule has 2 aromatic heterocycles. The van der Waals surface area contributed by atoms with Gasteiger partial charge in [0.25, 0.3) is 5.95 Å². The molecule has 0 bridgehead atoms. The topological polar surface area (TPSA) is 111 Å². The normalized spacial score (nSPS) is 12.6. The smallest absolute Gasteiger partial charge is 0.255 e. The highest BCUT2D eigenvalue weighted by atomic mass is 19.1. The van der Waals surface area contributed by atoms with Crippen LogP contribution in [0.25, 0.3) is 16.9 Å². The summed E-state index contributed by atoms with van der Waals surface area (Å²) >= 11 is 0. The minimum atomic E-state index is -0.721. The number of halogens is 1. The van der Waals surface area contributed by atoms with E-state index in [-0.39, 0.29) is 11.5 Å². The zero-order valence-corrected chi connectivity index (χ0v) is 15.9. The average molecular weight is 403 g/mol. The summed E-state index contributed by atoms with van der Waals surface area (Å²) < 4.78 is 15.5. The van der Waals surface area contributed by atoms with E-state index in [2.05, 4.69) is 25.7 Å². The molecule has 0 radical (unpaired) electrons. The number of amides is 1. The molecule has 150 valence electrons. The van der Waals surface area contributed by atoms with Crippen LogP contribution in [0.2, 0.25) is 0 Å². The lowest BCUT2D eigenvalue weighted by Gasteiger charge is -2.12. The van der Waals surface area contributed by atoms with E-state index >= 15 is 0 Å². The molecule has 9 heteroatoms. The Kier molecular flexibility index (Phi) is 4.27. The number of nitrogens with one attached hydrogen (secondary N) is 2. The van der Waals surface area contributed by atoms with E-state index in [1.165, 1.54) is 16.9 Å². The molecule has 1 amide bonds. The summed E-state index contributed by atoms with van der Waals surface area (Å²) in [5, 5.41) is 11.4. The number of anilines is 2. The van der Waals surface area contributed by atoms with Crippen molar-refractivity contribution < 1.29 is 9.18 Å². The predicted octanol–water partition coefficient (Wildman–Crippen LogP) is 2.63. The van der Waals surface area contributed by atoms with Crippen molar-refractivity contribution in [2.75, 3.05) is 17.2 Å². The lowest BCUT2D eigenvalue weighted by molar-refractivity contribution is 0.100. The van der Waals surface area contributed by atoms with Crippen molar-refractivity contribution in [2.24, 2.45) is 5.73 Å². The second kappa shape index (κ2) is 7.11. The Bertz CT molecular complexity index is 1270. The third-order valence-corrected chi connectivity index (χ3v) is 5.07.